The molecule has 0 saturated heterocycles. The van der Waals surface area contributed by atoms with E-state index in [0.717, 1.165) is 23.1 Å². The first-order valence-electron chi connectivity index (χ1n) is 5.95. The second kappa shape index (κ2) is 6.25. The molecule has 0 saturated carbocycles. The van der Waals surface area contributed by atoms with Gasteiger partial charge in [-0.05, 0) is 24.1 Å². The van der Waals surface area contributed by atoms with Crippen molar-refractivity contribution < 1.29 is 17.9 Å². The van der Waals surface area contributed by atoms with Crippen LogP contribution in [-0.4, -0.2) is 27.7 Å². The normalized spacial score (nSPS) is 11.6. The van der Waals surface area contributed by atoms with Gasteiger partial charge in [0.25, 0.3) is 5.82 Å². The molecule has 21 heavy (non-hydrogen) atoms. The minimum Gasteiger partial charge on any atom is -0.497 e. The molecule has 1 aromatic carbocycles. The highest BCUT2D eigenvalue weighted by molar-refractivity contribution is 7.99. The summed E-state index contributed by atoms with van der Waals surface area (Å²) in [6.45, 7) is 0. The summed E-state index contributed by atoms with van der Waals surface area (Å²) in [5.41, 5.74) is 1.04. The minimum atomic E-state index is -4.60. The number of nitrogens with two attached hydrogens (primary N) is 1. The Balaban J connectivity index is 1.93. The Morgan fingerprint density at radius 3 is 2.43 bits per heavy atom. The molecule has 0 aliphatic carbocycles. The molecule has 0 atom stereocenters. The van der Waals surface area contributed by atoms with Crippen LogP contribution in [-0.2, 0) is 12.6 Å². The van der Waals surface area contributed by atoms with Crippen molar-refractivity contribution in [2.45, 2.75) is 17.8 Å². The summed E-state index contributed by atoms with van der Waals surface area (Å²) in [6, 6.07) is 7.45. The third-order valence-corrected chi connectivity index (χ3v) is 3.64. The monoisotopic (exact) mass is 318 g/mol. The SMILES string of the molecule is COc1ccc(CCSc2nnc(C(F)(F)F)n2N)cc1. The van der Waals surface area contributed by atoms with Gasteiger partial charge in [-0.2, -0.15) is 13.2 Å². The van der Waals surface area contributed by atoms with E-state index in [4.69, 9.17) is 10.6 Å². The van der Waals surface area contributed by atoms with Gasteiger partial charge in [0.05, 0.1) is 7.11 Å². The maximum Gasteiger partial charge on any atom is 0.453 e. The van der Waals surface area contributed by atoms with Crippen molar-refractivity contribution in [1.82, 2.24) is 14.9 Å². The zero-order valence-electron chi connectivity index (χ0n) is 11.1. The Morgan fingerprint density at radius 2 is 1.90 bits per heavy atom. The van der Waals surface area contributed by atoms with Crippen molar-refractivity contribution in [2.75, 3.05) is 18.7 Å². The predicted octanol–water partition coefficient (Wildman–Crippen LogP) is 2.35. The quantitative estimate of drug-likeness (QED) is 0.677. The lowest BCUT2D eigenvalue weighted by atomic mass is 10.2. The molecular formula is C12H13F3N4OS. The predicted molar refractivity (Wildman–Crippen MR) is 72.6 cm³/mol. The molecule has 0 fully saturated rings. The molecule has 0 unspecified atom stereocenters. The van der Waals surface area contributed by atoms with Crippen LogP contribution in [0.2, 0.25) is 0 Å². The van der Waals surface area contributed by atoms with Crippen LogP contribution in [0.3, 0.4) is 0 Å². The number of nitrogen functional groups attached to an aromatic ring is 1. The average Bonchev–Trinajstić information content (AvgIpc) is 2.81. The molecule has 114 valence electrons. The highest BCUT2D eigenvalue weighted by Crippen LogP contribution is 2.29. The molecule has 2 aromatic rings. The second-order valence-electron chi connectivity index (χ2n) is 4.12. The van der Waals surface area contributed by atoms with Gasteiger partial charge in [-0.25, -0.2) is 4.68 Å². The van der Waals surface area contributed by atoms with Crippen LogP contribution >= 0.6 is 11.8 Å². The Hall–Kier alpha value is -1.90. The number of halogens is 3. The smallest absolute Gasteiger partial charge is 0.453 e. The van der Waals surface area contributed by atoms with Crippen LogP contribution in [0.25, 0.3) is 0 Å². The first kappa shape index (κ1) is 15.5. The van der Waals surface area contributed by atoms with Gasteiger partial charge in [-0.1, -0.05) is 23.9 Å². The van der Waals surface area contributed by atoms with Crippen LogP contribution in [0.4, 0.5) is 13.2 Å². The van der Waals surface area contributed by atoms with E-state index in [1.807, 2.05) is 24.3 Å². The number of aromatic nitrogens is 3. The molecule has 0 aliphatic heterocycles. The van der Waals surface area contributed by atoms with Gasteiger partial charge in [-0.15, -0.1) is 10.2 Å². The van der Waals surface area contributed by atoms with E-state index in [2.05, 4.69) is 10.2 Å². The van der Waals surface area contributed by atoms with E-state index in [0.29, 0.717) is 16.8 Å². The zero-order valence-corrected chi connectivity index (χ0v) is 11.9. The summed E-state index contributed by atoms with van der Waals surface area (Å²) in [5.74, 6) is 5.44. The van der Waals surface area contributed by atoms with Crippen molar-refractivity contribution in [2.24, 2.45) is 0 Å². The van der Waals surface area contributed by atoms with Crippen molar-refractivity contribution in [3.05, 3.63) is 35.7 Å². The summed E-state index contributed by atoms with van der Waals surface area (Å²) in [6.07, 6.45) is -3.93. The first-order valence-corrected chi connectivity index (χ1v) is 6.94. The van der Waals surface area contributed by atoms with E-state index in [9.17, 15) is 13.2 Å². The topological polar surface area (TPSA) is 66.0 Å². The third kappa shape index (κ3) is 3.81. The fraction of sp³-hybridized carbons (Fsp3) is 0.333. The first-order chi connectivity index (χ1) is 9.91. The van der Waals surface area contributed by atoms with Gasteiger partial charge in [0.1, 0.15) is 5.75 Å². The maximum absolute atomic E-state index is 12.5. The van der Waals surface area contributed by atoms with Gasteiger partial charge in [-0.3, -0.25) is 0 Å². The van der Waals surface area contributed by atoms with E-state index < -0.39 is 12.0 Å². The number of alkyl halides is 3. The lowest BCUT2D eigenvalue weighted by Gasteiger charge is -2.06. The van der Waals surface area contributed by atoms with E-state index in [1.165, 1.54) is 0 Å². The molecule has 5 nitrogen and oxygen atoms in total. The molecule has 0 bridgehead atoms. The van der Waals surface area contributed by atoms with Gasteiger partial charge < -0.3 is 10.6 Å². The molecule has 0 amide bonds. The highest BCUT2D eigenvalue weighted by Gasteiger charge is 2.38. The number of nitrogens with zero attached hydrogens (tertiary/aromatic N) is 3. The van der Waals surface area contributed by atoms with Crippen molar-refractivity contribution in [1.29, 1.82) is 0 Å². The largest absolute Gasteiger partial charge is 0.497 e. The van der Waals surface area contributed by atoms with Crippen molar-refractivity contribution >= 4 is 11.8 Å². The number of rotatable bonds is 5. The number of hydrogen-bond donors (Lipinski definition) is 1. The summed E-state index contributed by atoms with van der Waals surface area (Å²) >= 11 is 1.12. The summed E-state index contributed by atoms with van der Waals surface area (Å²) in [4.78, 5) is 0. The molecule has 0 radical (unpaired) electrons. The van der Waals surface area contributed by atoms with Crippen molar-refractivity contribution in [3.63, 3.8) is 0 Å². The Labute approximate surface area is 123 Å². The van der Waals surface area contributed by atoms with Gasteiger partial charge in [0.15, 0.2) is 0 Å². The standard InChI is InChI=1S/C12H13F3N4OS/c1-20-9-4-2-8(3-5-9)6-7-21-11-18-17-10(19(11)16)12(13,14)15/h2-5H,6-7,16H2,1H3. The molecule has 2 N–H and O–H groups in total. The van der Waals surface area contributed by atoms with E-state index >= 15 is 0 Å². The van der Waals surface area contributed by atoms with Crippen LogP contribution in [0, 0.1) is 0 Å². The van der Waals surface area contributed by atoms with E-state index in [-0.39, 0.29) is 5.16 Å². The summed E-state index contributed by atoms with van der Waals surface area (Å²) in [5, 5.41) is 6.55. The fourth-order valence-electron chi connectivity index (χ4n) is 1.62. The number of methoxy groups -OCH3 is 1. The molecule has 0 aliphatic rings. The number of benzene rings is 1. The highest BCUT2D eigenvalue weighted by atomic mass is 32.2. The van der Waals surface area contributed by atoms with Crippen LogP contribution < -0.4 is 10.6 Å². The third-order valence-electron chi connectivity index (χ3n) is 2.70. The summed E-state index contributed by atoms with van der Waals surface area (Å²) < 4.78 is 43.0. The number of hydrogen-bond acceptors (Lipinski definition) is 5. The Morgan fingerprint density at radius 1 is 1.24 bits per heavy atom. The Kier molecular flexibility index (Phi) is 4.61. The number of aryl methyl sites for hydroxylation is 1. The Bertz CT molecular complexity index is 598. The number of thioether (sulfide) groups is 1. The number of ether oxygens (including phenoxy) is 1. The molecule has 9 heteroatoms. The fourth-order valence-corrected chi connectivity index (χ4v) is 2.47. The second-order valence-corrected chi connectivity index (χ2v) is 5.18. The van der Waals surface area contributed by atoms with E-state index in [1.54, 1.807) is 7.11 Å². The molecule has 2 rings (SSSR count). The van der Waals surface area contributed by atoms with Crippen LogP contribution in [0.15, 0.2) is 29.4 Å². The van der Waals surface area contributed by atoms with Gasteiger partial charge >= 0.3 is 6.18 Å². The average molecular weight is 318 g/mol. The van der Waals surface area contributed by atoms with Crippen LogP contribution in [0.1, 0.15) is 11.4 Å². The van der Waals surface area contributed by atoms with Crippen molar-refractivity contribution in [3.8, 4) is 5.75 Å². The molecule has 0 spiro atoms. The van der Waals surface area contributed by atoms with Crippen LogP contribution in [0.5, 0.6) is 5.75 Å². The summed E-state index contributed by atoms with van der Waals surface area (Å²) in [7, 11) is 1.58. The van der Waals surface area contributed by atoms with Gasteiger partial charge in [0.2, 0.25) is 5.16 Å². The lowest BCUT2D eigenvalue weighted by molar-refractivity contribution is -0.146. The molecular weight excluding hydrogens is 305 g/mol. The zero-order chi connectivity index (χ0) is 15.5. The molecule has 1 heterocycles. The molecule has 1 aromatic heterocycles. The minimum absolute atomic E-state index is 0.0378. The van der Waals surface area contributed by atoms with Gasteiger partial charge in [0, 0.05) is 5.75 Å². The lowest BCUT2D eigenvalue weighted by Crippen LogP contribution is -2.21. The maximum atomic E-state index is 12.5.